The SMILES string of the molecule is CCN(C[C@H](C)C#N)C(=O)[C@@H](NC(=O)c1ccco1)C(C)C. The number of likely N-dealkylation sites (N-methyl/N-ethyl adjacent to an activating group) is 1. The van der Waals surface area contributed by atoms with Crippen molar-refractivity contribution in [3.05, 3.63) is 24.2 Å². The largest absolute Gasteiger partial charge is 0.459 e. The molecule has 0 radical (unpaired) electrons. The van der Waals surface area contributed by atoms with Crippen molar-refractivity contribution in [3.8, 4) is 6.07 Å². The lowest BCUT2D eigenvalue weighted by atomic mass is 10.0. The number of nitriles is 1. The van der Waals surface area contributed by atoms with Crippen LogP contribution in [-0.4, -0.2) is 35.8 Å². The Labute approximate surface area is 131 Å². The van der Waals surface area contributed by atoms with Crippen molar-refractivity contribution < 1.29 is 14.0 Å². The number of carbonyl (C=O) groups excluding carboxylic acids is 2. The lowest BCUT2D eigenvalue weighted by Gasteiger charge is -2.29. The van der Waals surface area contributed by atoms with Gasteiger partial charge in [0.15, 0.2) is 5.76 Å². The molecule has 1 heterocycles. The Morgan fingerprint density at radius 1 is 1.41 bits per heavy atom. The summed E-state index contributed by atoms with van der Waals surface area (Å²) >= 11 is 0. The van der Waals surface area contributed by atoms with Crippen LogP contribution in [0, 0.1) is 23.2 Å². The topological polar surface area (TPSA) is 86.3 Å². The Hall–Kier alpha value is -2.29. The first-order chi connectivity index (χ1) is 10.4. The zero-order valence-corrected chi connectivity index (χ0v) is 13.5. The number of furan rings is 1. The third-order valence-electron chi connectivity index (χ3n) is 3.37. The van der Waals surface area contributed by atoms with Crippen LogP contribution < -0.4 is 5.32 Å². The van der Waals surface area contributed by atoms with Crippen LogP contribution in [0.4, 0.5) is 0 Å². The molecule has 6 heteroatoms. The maximum Gasteiger partial charge on any atom is 0.287 e. The third kappa shape index (κ3) is 4.62. The minimum atomic E-state index is -0.650. The van der Waals surface area contributed by atoms with E-state index in [2.05, 4.69) is 11.4 Å². The lowest BCUT2D eigenvalue weighted by Crippen LogP contribution is -2.52. The molecule has 2 amide bonds. The third-order valence-corrected chi connectivity index (χ3v) is 3.37. The number of hydrogen-bond acceptors (Lipinski definition) is 4. The van der Waals surface area contributed by atoms with Crippen LogP contribution in [0.3, 0.4) is 0 Å². The normalized spacial score (nSPS) is 13.3. The lowest BCUT2D eigenvalue weighted by molar-refractivity contribution is -0.134. The van der Waals surface area contributed by atoms with Crippen molar-refractivity contribution in [2.45, 2.75) is 33.7 Å². The molecule has 1 N–H and O–H groups in total. The highest BCUT2D eigenvalue weighted by atomic mass is 16.3. The molecule has 120 valence electrons. The summed E-state index contributed by atoms with van der Waals surface area (Å²) in [6, 6.07) is 4.64. The average Bonchev–Trinajstić information content (AvgIpc) is 3.03. The van der Waals surface area contributed by atoms with Crippen LogP contribution in [0.2, 0.25) is 0 Å². The zero-order valence-electron chi connectivity index (χ0n) is 13.5. The predicted octanol–water partition coefficient (Wildman–Crippen LogP) is 2.04. The second-order valence-electron chi connectivity index (χ2n) is 5.58. The van der Waals surface area contributed by atoms with E-state index in [0.29, 0.717) is 13.1 Å². The molecule has 0 saturated heterocycles. The van der Waals surface area contributed by atoms with Crippen LogP contribution in [0.5, 0.6) is 0 Å². The highest BCUT2D eigenvalue weighted by molar-refractivity contribution is 5.95. The summed E-state index contributed by atoms with van der Waals surface area (Å²) in [5.41, 5.74) is 0. The van der Waals surface area contributed by atoms with E-state index in [4.69, 9.17) is 9.68 Å². The first-order valence-electron chi connectivity index (χ1n) is 7.43. The highest BCUT2D eigenvalue weighted by Gasteiger charge is 2.29. The minimum Gasteiger partial charge on any atom is -0.459 e. The molecule has 22 heavy (non-hydrogen) atoms. The van der Waals surface area contributed by atoms with Crippen molar-refractivity contribution in [1.29, 1.82) is 5.26 Å². The molecule has 1 rings (SSSR count). The van der Waals surface area contributed by atoms with Gasteiger partial charge in [-0.05, 0) is 31.9 Å². The second-order valence-corrected chi connectivity index (χ2v) is 5.58. The number of nitrogens with zero attached hydrogens (tertiary/aromatic N) is 2. The van der Waals surface area contributed by atoms with Crippen LogP contribution >= 0.6 is 0 Å². The number of rotatable bonds is 7. The quantitative estimate of drug-likeness (QED) is 0.835. The molecule has 0 spiro atoms. The smallest absolute Gasteiger partial charge is 0.287 e. The van der Waals surface area contributed by atoms with Gasteiger partial charge in [0.1, 0.15) is 6.04 Å². The second kappa shape index (κ2) is 8.23. The summed E-state index contributed by atoms with van der Waals surface area (Å²) in [6.07, 6.45) is 1.41. The molecule has 6 nitrogen and oxygen atoms in total. The van der Waals surface area contributed by atoms with Gasteiger partial charge in [-0.3, -0.25) is 9.59 Å². The molecule has 0 aliphatic heterocycles. The molecule has 2 atom stereocenters. The van der Waals surface area contributed by atoms with Crippen molar-refractivity contribution in [2.75, 3.05) is 13.1 Å². The Bertz CT molecular complexity index is 531. The molecule has 0 bridgehead atoms. The average molecular weight is 305 g/mol. The Kier molecular flexibility index (Phi) is 6.64. The Balaban J connectivity index is 2.83. The molecular formula is C16H23N3O3. The summed E-state index contributed by atoms with van der Waals surface area (Å²) in [7, 11) is 0. The van der Waals surface area contributed by atoms with E-state index in [0.717, 1.165) is 0 Å². The van der Waals surface area contributed by atoms with Crippen molar-refractivity contribution in [2.24, 2.45) is 11.8 Å². The first kappa shape index (κ1) is 17.8. The minimum absolute atomic E-state index is 0.0714. The van der Waals surface area contributed by atoms with Gasteiger partial charge >= 0.3 is 0 Å². The van der Waals surface area contributed by atoms with Crippen LogP contribution in [0.15, 0.2) is 22.8 Å². The van der Waals surface area contributed by atoms with E-state index in [1.54, 1.807) is 24.0 Å². The van der Waals surface area contributed by atoms with E-state index in [9.17, 15) is 9.59 Å². The van der Waals surface area contributed by atoms with Gasteiger partial charge in [0.2, 0.25) is 5.91 Å². The number of carbonyl (C=O) groups is 2. The summed E-state index contributed by atoms with van der Waals surface area (Å²) in [5.74, 6) is -0.747. The van der Waals surface area contributed by atoms with Crippen molar-refractivity contribution >= 4 is 11.8 Å². The molecule has 0 fully saturated rings. The van der Waals surface area contributed by atoms with Crippen LogP contribution in [0.1, 0.15) is 38.2 Å². The van der Waals surface area contributed by atoms with Gasteiger partial charge in [0.05, 0.1) is 18.3 Å². The summed E-state index contributed by atoms with van der Waals surface area (Å²) in [5, 5.41) is 11.6. The highest BCUT2D eigenvalue weighted by Crippen LogP contribution is 2.10. The molecule has 0 aromatic carbocycles. The monoisotopic (exact) mass is 305 g/mol. The molecule has 1 aromatic heterocycles. The van der Waals surface area contributed by atoms with E-state index < -0.39 is 11.9 Å². The van der Waals surface area contributed by atoms with Crippen molar-refractivity contribution in [3.63, 3.8) is 0 Å². The van der Waals surface area contributed by atoms with Crippen molar-refractivity contribution in [1.82, 2.24) is 10.2 Å². The number of nitrogens with one attached hydrogen (secondary N) is 1. The van der Waals surface area contributed by atoms with E-state index in [-0.39, 0.29) is 23.5 Å². The molecule has 0 aliphatic carbocycles. The van der Waals surface area contributed by atoms with Gasteiger partial charge in [0, 0.05) is 13.1 Å². The van der Waals surface area contributed by atoms with Gasteiger partial charge in [-0.1, -0.05) is 13.8 Å². The standard InChI is InChI=1S/C16H23N3O3/c1-5-19(10-12(4)9-17)16(21)14(11(2)3)18-15(20)13-7-6-8-22-13/h6-8,11-12,14H,5,10H2,1-4H3,(H,18,20)/t12-,14+/m1/s1. The van der Waals surface area contributed by atoms with Gasteiger partial charge in [-0.15, -0.1) is 0 Å². The van der Waals surface area contributed by atoms with Crippen LogP contribution in [0.25, 0.3) is 0 Å². The van der Waals surface area contributed by atoms with E-state index in [1.165, 1.54) is 6.26 Å². The predicted molar refractivity (Wildman–Crippen MR) is 81.8 cm³/mol. The zero-order chi connectivity index (χ0) is 16.7. The van der Waals surface area contributed by atoms with Crippen LogP contribution in [-0.2, 0) is 4.79 Å². The molecular weight excluding hydrogens is 282 g/mol. The fourth-order valence-electron chi connectivity index (χ4n) is 2.08. The Morgan fingerprint density at radius 2 is 2.09 bits per heavy atom. The summed E-state index contributed by atoms with van der Waals surface area (Å²) in [6.45, 7) is 8.20. The van der Waals surface area contributed by atoms with E-state index >= 15 is 0 Å². The summed E-state index contributed by atoms with van der Waals surface area (Å²) in [4.78, 5) is 26.3. The van der Waals surface area contributed by atoms with E-state index in [1.807, 2.05) is 20.8 Å². The fourth-order valence-corrected chi connectivity index (χ4v) is 2.08. The number of hydrogen-bond donors (Lipinski definition) is 1. The Morgan fingerprint density at radius 3 is 2.55 bits per heavy atom. The fraction of sp³-hybridized carbons (Fsp3) is 0.562. The summed E-state index contributed by atoms with van der Waals surface area (Å²) < 4.78 is 5.04. The molecule has 0 aliphatic rings. The maximum absolute atomic E-state index is 12.6. The van der Waals surface area contributed by atoms with Gasteiger partial charge in [0.25, 0.3) is 5.91 Å². The maximum atomic E-state index is 12.6. The molecule has 1 aromatic rings. The van der Waals surface area contributed by atoms with Gasteiger partial charge in [-0.2, -0.15) is 5.26 Å². The molecule has 0 saturated carbocycles. The number of amides is 2. The first-order valence-corrected chi connectivity index (χ1v) is 7.43. The van der Waals surface area contributed by atoms with Gasteiger partial charge in [-0.25, -0.2) is 0 Å². The van der Waals surface area contributed by atoms with Gasteiger partial charge < -0.3 is 14.6 Å². The molecule has 0 unspecified atom stereocenters.